The molecule has 2 aliphatic rings. The number of methoxy groups -OCH3 is 1. The van der Waals surface area contributed by atoms with E-state index in [1.807, 2.05) is 19.2 Å². The number of H-pyrrole nitrogens is 1. The van der Waals surface area contributed by atoms with Gasteiger partial charge in [-0.25, -0.2) is 9.97 Å². The minimum absolute atomic E-state index is 0.102. The molecule has 4 heterocycles. The zero-order chi connectivity index (χ0) is 18.1. The van der Waals surface area contributed by atoms with E-state index in [2.05, 4.69) is 24.8 Å². The molecule has 2 fully saturated rings. The van der Waals surface area contributed by atoms with Crippen molar-refractivity contribution in [3.8, 4) is 0 Å². The van der Waals surface area contributed by atoms with E-state index >= 15 is 0 Å². The third-order valence-electron chi connectivity index (χ3n) is 5.98. The topological polar surface area (TPSA) is 74.3 Å². The zero-order valence-corrected chi connectivity index (χ0v) is 15.6. The highest BCUT2D eigenvalue weighted by Gasteiger charge is 2.47. The smallest absolute Gasteiger partial charge is 0.252 e. The molecule has 2 aromatic rings. The van der Waals surface area contributed by atoms with E-state index in [1.165, 1.54) is 0 Å². The zero-order valence-electron chi connectivity index (χ0n) is 15.6. The molecule has 0 aromatic carbocycles. The molecule has 0 bridgehead atoms. The summed E-state index contributed by atoms with van der Waals surface area (Å²) in [4.78, 5) is 29.5. The van der Waals surface area contributed by atoms with Crippen molar-refractivity contribution in [1.82, 2.24) is 19.9 Å². The van der Waals surface area contributed by atoms with Crippen LogP contribution < -0.4 is 4.90 Å². The van der Waals surface area contributed by atoms with Crippen LogP contribution in [0.15, 0.2) is 18.6 Å². The summed E-state index contributed by atoms with van der Waals surface area (Å²) < 4.78 is 5.44. The summed E-state index contributed by atoms with van der Waals surface area (Å²) in [5, 5.41) is 1.05. The van der Waals surface area contributed by atoms with Gasteiger partial charge in [-0.3, -0.25) is 4.79 Å². The van der Waals surface area contributed by atoms with Crippen molar-refractivity contribution in [2.45, 2.75) is 50.7 Å². The number of likely N-dealkylation sites (tertiary alicyclic amines) is 1. The minimum Gasteiger partial charge on any atom is -0.372 e. The van der Waals surface area contributed by atoms with Crippen LogP contribution in [-0.2, 0) is 9.53 Å². The number of ether oxygens (including phenoxy) is 1. The number of hydrogen-bond donors (Lipinski definition) is 1. The first-order chi connectivity index (χ1) is 12.7. The largest absolute Gasteiger partial charge is 0.372 e. The SMILES string of the molecule is CC[C@@H](OC)C(=O)N1CCCC12CCCN(c1ncnc3[nH]ccc13)C2. The van der Waals surface area contributed by atoms with Gasteiger partial charge in [0.1, 0.15) is 23.9 Å². The Kier molecular flexibility index (Phi) is 4.56. The molecule has 0 radical (unpaired) electrons. The Morgan fingerprint density at radius 1 is 1.35 bits per heavy atom. The molecule has 7 nitrogen and oxygen atoms in total. The molecule has 2 atom stereocenters. The number of nitrogens with one attached hydrogen (secondary N) is 1. The van der Waals surface area contributed by atoms with E-state index in [-0.39, 0.29) is 17.6 Å². The molecular weight excluding hydrogens is 330 g/mol. The predicted octanol–water partition coefficient (Wildman–Crippen LogP) is 2.34. The molecule has 7 heteroatoms. The van der Waals surface area contributed by atoms with Gasteiger partial charge in [-0.15, -0.1) is 0 Å². The second-order valence-electron chi connectivity index (χ2n) is 7.41. The van der Waals surface area contributed by atoms with Gasteiger partial charge in [0, 0.05) is 32.9 Å². The van der Waals surface area contributed by atoms with Crippen molar-refractivity contribution >= 4 is 22.8 Å². The number of aromatic nitrogens is 3. The van der Waals surface area contributed by atoms with Crippen molar-refractivity contribution in [3.05, 3.63) is 18.6 Å². The molecule has 1 N–H and O–H groups in total. The first-order valence-electron chi connectivity index (χ1n) is 9.56. The molecule has 0 saturated carbocycles. The summed E-state index contributed by atoms with van der Waals surface area (Å²) in [5.41, 5.74) is 0.758. The molecular formula is C19H27N5O2. The molecule has 1 spiro atoms. The van der Waals surface area contributed by atoms with Crippen LogP contribution in [0, 0.1) is 0 Å². The Morgan fingerprint density at radius 3 is 2.92 bits per heavy atom. The number of fused-ring (bicyclic) bond motifs is 1. The lowest BCUT2D eigenvalue weighted by atomic mass is 9.86. The summed E-state index contributed by atoms with van der Waals surface area (Å²) in [6, 6.07) is 2.03. The maximum absolute atomic E-state index is 13.0. The number of aromatic amines is 1. The van der Waals surface area contributed by atoms with Crippen LogP contribution in [0.3, 0.4) is 0 Å². The normalized spacial score (nSPS) is 24.5. The molecule has 1 unspecified atom stereocenters. The second kappa shape index (κ2) is 6.87. The first-order valence-corrected chi connectivity index (χ1v) is 9.56. The lowest BCUT2D eigenvalue weighted by Crippen LogP contribution is -2.59. The minimum atomic E-state index is -0.337. The number of amides is 1. The van der Waals surface area contributed by atoms with Crippen LogP contribution in [0.5, 0.6) is 0 Å². The fourth-order valence-electron chi connectivity index (χ4n) is 4.73. The van der Waals surface area contributed by atoms with Crippen molar-refractivity contribution in [1.29, 1.82) is 0 Å². The summed E-state index contributed by atoms with van der Waals surface area (Å²) in [5.74, 6) is 1.11. The van der Waals surface area contributed by atoms with E-state index < -0.39 is 0 Å². The van der Waals surface area contributed by atoms with E-state index in [0.29, 0.717) is 6.42 Å². The highest BCUT2D eigenvalue weighted by molar-refractivity contribution is 5.87. The number of nitrogens with zero attached hydrogens (tertiary/aromatic N) is 4. The first kappa shape index (κ1) is 17.3. The van der Waals surface area contributed by atoms with E-state index in [0.717, 1.165) is 62.2 Å². The van der Waals surface area contributed by atoms with Gasteiger partial charge in [0.15, 0.2) is 0 Å². The van der Waals surface area contributed by atoms with Crippen LogP contribution in [0.25, 0.3) is 11.0 Å². The maximum Gasteiger partial charge on any atom is 0.252 e. The highest BCUT2D eigenvalue weighted by Crippen LogP contribution is 2.39. The molecule has 2 aromatic heterocycles. The van der Waals surface area contributed by atoms with Crippen LogP contribution in [0.1, 0.15) is 39.0 Å². The monoisotopic (exact) mass is 357 g/mol. The van der Waals surface area contributed by atoms with Crippen molar-refractivity contribution < 1.29 is 9.53 Å². The van der Waals surface area contributed by atoms with E-state index in [9.17, 15) is 4.79 Å². The molecule has 140 valence electrons. The van der Waals surface area contributed by atoms with Crippen LogP contribution in [-0.4, -0.2) is 64.1 Å². The van der Waals surface area contributed by atoms with Gasteiger partial charge in [0.25, 0.3) is 5.91 Å². The quantitative estimate of drug-likeness (QED) is 0.909. The molecule has 1 amide bonds. The average Bonchev–Trinajstić information content (AvgIpc) is 3.29. The second-order valence-corrected chi connectivity index (χ2v) is 7.41. The Labute approximate surface area is 153 Å². The number of carbonyl (C=O) groups is 1. The van der Waals surface area contributed by atoms with Crippen molar-refractivity contribution in [2.75, 3.05) is 31.6 Å². The highest BCUT2D eigenvalue weighted by atomic mass is 16.5. The van der Waals surface area contributed by atoms with Gasteiger partial charge >= 0.3 is 0 Å². The van der Waals surface area contributed by atoms with Gasteiger partial charge < -0.3 is 19.5 Å². The number of hydrogen-bond acceptors (Lipinski definition) is 5. The van der Waals surface area contributed by atoms with Gasteiger partial charge in [-0.2, -0.15) is 0 Å². The number of carbonyl (C=O) groups excluding carboxylic acids is 1. The number of piperidine rings is 1. The third kappa shape index (κ3) is 2.74. The van der Waals surface area contributed by atoms with Gasteiger partial charge in [0.2, 0.25) is 0 Å². The summed E-state index contributed by atoms with van der Waals surface area (Å²) in [7, 11) is 1.63. The summed E-state index contributed by atoms with van der Waals surface area (Å²) >= 11 is 0. The van der Waals surface area contributed by atoms with Crippen molar-refractivity contribution in [2.24, 2.45) is 0 Å². The average molecular weight is 357 g/mol. The summed E-state index contributed by atoms with van der Waals surface area (Å²) in [6.07, 6.45) is 8.11. The fraction of sp³-hybridized carbons (Fsp3) is 0.632. The molecule has 4 rings (SSSR count). The van der Waals surface area contributed by atoms with Crippen LogP contribution in [0.2, 0.25) is 0 Å². The van der Waals surface area contributed by atoms with Crippen LogP contribution >= 0.6 is 0 Å². The van der Waals surface area contributed by atoms with Gasteiger partial charge in [-0.05, 0) is 38.2 Å². The predicted molar refractivity (Wildman–Crippen MR) is 100 cm³/mol. The van der Waals surface area contributed by atoms with E-state index in [4.69, 9.17) is 4.74 Å². The summed E-state index contributed by atoms with van der Waals surface area (Å²) in [6.45, 7) is 4.63. The standard InChI is InChI=1S/C19H27N5O2/c1-3-15(26-2)18(25)24-11-5-8-19(24)7-4-10-23(12-19)17-14-6-9-20-16(14)21-13-22-17/h6,9,13,15H,3-5,7-8,10-12H2,1-2H3,(H,20,21,22)/t15-,19?/m1/s1. The lowest BCUT2D eigenvalue weighted by molar-refractivity contribution is -0.146. The van der Waals surface area contributed by atoms with Crippen LogP contribution in [0.4, 0.5) is 5.82 Å². The molecule has 2 saturated heterocycles. The fourth-order valence-corrected chi connectivity index (χ4v) is 4.73. The third-order valence-corrected chi connectivity index (χ3v) is 5.98. The Hall–Kier alpha value is -2.15. The molecule has 0 aliphatic carbocycles. The number of anilines is 1. The molecule has 26 heavy (non-hydrogen) atoms. The lowest BCUT2D eigenvalue weighted by Gasteiger charge is -2.47. The Bertz CT molecular complexity index is 787. The van der Waals surface area contributed by atoms with Crippen molar-refractivity contribution in [3.63, 3.8) is 0 Å². The maximum atomic E-state index is 13.0. The van der Waals surface area contributed by atoms with Gasteiger partial charge in [-0.1, -0.05) is 6.92 Å². The van der Waals surface area contributed by atoms with Gasteiger partial charge in [0.05, 0.1) is 10.9 Å². The van der Waals surface area contributed by atoms with E-state index in [1.54, 1.807) is 13.4 Å². The Balaban J connectivity index is 1.63. The number of rotatable bonds is 4. The molecule has 2 aliphatic heterocycles. The Morgan fingerprint density at radius 2 is 2.15 bits per heavy atom.